The van der Waals surface area contributed by atoms with Gasteiger partial charge in [0.2, 0.25) is 0 Å². The second kappa shape index (κ2) is 10.8. The Morgan fingerprint density at radius 2 is 1.81 bits per heavy atom. The highest BCUT2D eigenvalue weighted by Crippen LogP contribution is 2.58. The van der Waals surface area contributed by atoms with E-state index in [1.807, 2.05) is 26.0 Å². The molecule has 0 aliphatic heterocycles. The summed E-state index contributed by atoms with van der Waals surface area (Å²) in [7, 11) is 0. The summed E-state index contributed by atoms with van der Waals surface area (Å²) in [5.41, 5.74) is 0.159. The molecule has 0 saturated heterocycles. The molecular formula is C24H40O2. The Kier molecular flexibility index (Phi) is 9.51. The molecule has 5 unspecified atom stereocenters. The molecule has 2 nitrogen and oxygen atoms in total. The molecule has 2 fully saturated rings. The Hall–Kier alpha value is -1.20. The first-order chi connectivity index (χ1) is 12.4. The minimum Gasteiger partial charge on any atom is -0.508 e. The van der Waals surface area contributed by atoms with Gasteiger partial charge in [-0.15, -0.1) is 12.3 Å². The van der Waals surface area contributed by atoms with Crippen molar-refractivity contribution in [2.24, 2.45) is 29.1 Å². The van der Waals surface area contributed by atoms with Crippen molar-refractivity contribution in [3.63, 3.8) is 0 Å². The lowest BCUT2D eigenvalue weighted by Crippen LogP contribution is -2.44. The zero-order valence-corrected chi connectivity index (χ0v) is 17.5. The minimum atomic E-state index is -0.0892. The van der Waals surface area contributed by atoms with Gasteiger partial charge in [-0.2, -0.15) is 0 Å². The summed E-state index contributed by atoms with van der Waals surface area (Å²) in [5, 5.41) is 20.3. The molecule has 3 aliphatic rings. The van der Waals surface area contributed by atoms with Gasteiger partial charge in [-0.3, -0.25) is 0 Å². The van der Waals surface area contributed by atoms with E-state index in [9.17, 15) is 10.2 Å². The third kappa shape index (κ3) is 5.17. The van der Waals surface area contributed by atoms with E-state index in [0.717, 1.165) is 31.1 Å². The number of allylic oxidation sites excluding steroid dienone is 3. The maximum atomic E-state index is 10.4. The molecule has 0 heterocycles. The summed E-state index contributed by atoms with van der Waals surface area (Å²) in [5.74, 6) is 5.50. The summed E-state index contributed by atoms with van der Waals surface area (Å²) in [6, 6.07) is 0. The van der Waals surface area contributed by atoms with E-state index in [0.29, 0.717) is 17.6 Å². The van der Waals surface area contributed by atoms with Gasteiger partial charge in [-0.25, -0.2) is 0 Å². The van der Waals surface area contributed by atoms with E-state index in [2.05, 4.69) is 32.3 Å². The molecule has 0 spiro atoms. The Bertz CT molecular complexity index is 513. The van der Waals surface area contributed by atoms with Crippen molar-refractivity contribution in [3.8, 4) is 12.3 Å². The molecule has 0 aromatic heterocycles. The predicted octanol–water partition coefficient (Wildman–Crippen LogP) is 6.27. The van der Waals surface area contributed by atoms with E-state index in [4.69, 9.17) is 0 Å². The number of aliphatic hydroxyl groups is 2. The van der Waals surface area contributed by atoms with Gasteiger partial charge in [0, 0.05) is 0 Å². The molecule has 148 valence electrons. The molecule has 0 aromatic carbocycles. The zero-order chi connectivity index (χ0) is 19.7. The first-order valence-corrected chi connectivity index (χ1v) is 10.5. The Labute approximate surface area is 161 Å². The van der Waals surface area contributed by atoms with Crippen LogP contribution in [0.25, 0.3) is 0 Å². The third-order valence-electron chi connectivity index (χ3n) is 6.83. The standard InChI is InChI=1S/C19H30O2.C3H4.C2H6/c1-13-7-8-14(20)5-3-4-6-16-15(13)11-12-19(2)17(16)9-10-18(19)21;1-3-2;1-2/h3,5,8,13,15-18,20-21H,4,6-7,9-12H2,1-2H3;1H,2H3;1-2H3/b5-3+,14-8+;;/t13?,15?,16?,17?,18-,19?;;/m0../s1. The van der Waals surface area contributed by atoms with E-state index < -0.39 is 0 Å². The van der Waals surface area contributed by atoms with E-state index in [1.54, 1.807) is 6.92 Å². The van der Waals surface area contributed by atoms with E-state index >= 15 is 0 Å². The smallest absolute Gasteiger partial charge is 0.111 e. The Morgan fingerprint density at radius 1 is 1.15 bits per heavy atom. The molecule has 0 bridgehead atoms. The highest BCUT2D eigenvalue weighted by molar-refractivity contribution is 5.12. The number of aliphatic hydroxyl groups excluding tert-OH is 2. The SMILES string of the molecule is C#CC.CC.CC1C/C=C(O)\C=C\CCC2C1CCC1(C)C2CC[C@@H]1O. The fourth-order valence-corrected chi connectivity index (χ4v) is 5.45. The predicted molar refractivity (Wildman–Crippen MR) is 112 cm³/mol. The second-order valence-electron chi connectivity index (χ2n) is 8.18. The van der Waals surface area contributed by atoms with Crippen LogP contribution in [0.3, 0.4) is 0 Å². The van der Waals surface area contributed by atoms with Gasteiger partial charge in [0.25, 0.3) is 0 Å². The van der Waals surface area contributed by atoms with Crippen molar-refractivity contribution in [2.75, 3.05) is 0 Å². The van der Waals surface area contributed by atoms with Crippen LogP contribution in [-0.4, -0.2) is 16.3 Å². The number of rotatable bonds is 0. The summed E-state index contributed by atoms with van der Waals surface area (Å²) in [6.45, 7) is 10.3. The van der Waals surface area contributed by atoms with Crippen LogP contribution in [-0.2, 0) is 0 Å². The van der Waals surface area contributed by atoms with Crippen LogP contribution in [0.2, 0.25) is 0 Å². The Morgan fingerprint density at radius 3 is 2.46 bits per heavy atom. The molecular weight excluding hydrogens is 320 g/mol. The second-order valence-corrected chi connectivity index (χ2v) is 8.18. The third-order valence-corrected chi connectivity index (χ3v) is 6.83. The van der Waals surface area contributed by atoms with Gasteiger partial charge in [-0.05, 0) is 93.1 Å². The first kappa shape index (κ1) is 22.8. The molecule has 0 radical (unpaired) electrons. The lowest BCUT2D eigenvalue weighted by atomic mass is 9.56. The molecule has 0 aromatic rings. The van der Waals surface area contributed by atoms with Crippen LogP contribution >= 0.6 is 0 Å². The normalized spacial score (nSPS) is 42.0. The number of fused-ring (bicyclic) bond motifs is 3. The van der Waals surface area contributed by atoms with Crippen LogP contribution in [0, 0.1) is 41.4 Å². The number of hydrogen-bond acceptors (Lipinski definition) is 2. The monoisotopic (exact) mass is 360 g/mol. The van der Waals surface area contributed by atoms with Crippen LogP contribution < -0.4 is 0 Å². The van der Waals surface area contributed by atoms with Crippen molar-refractivity contribution in [2.45, 2.75) is 85.7 Å². The minimum absolute atomic E-state index is 0.0892. The van der Waals surface area contributed by atoms with Crippen molar-refractivity contribution < 1.29 is 10.2 Å². The largest absolute Gasteiger partial charge is 0.508 e. The highest BCUT2D eigenvalue weighted by Gasteiger charge is 2.53. The number of hydrogen-bond donors (Lipinski definition) is 2. The van der Waals surface area contributed by atoms with Crippen molar-refractivity contribution >= 4 is 0 Å². The van der Waals surface area contributed by atoms with Gasteiger partial charge in [0.05, 0.1) is 6.10 Å². The van der Waals surface area contributed by atoms with Crippen molar-refractivity contribution in [3.05, 3.63) is 24.0 Å². The van der Waals surface area contributed by atoms with Gasteiger partial charge >= 0.3 is 0 Å². The zero-order valence-electron chi connectivity index (χ0n) is 17.5. The quantitative estimate of drug-likeness (QED) is 0.500. The molecule has 3 aliphatic carbocycles. The maximum Gasteiger partial charge on any atom is 0.111 e. The van der Waals surface area contributed by atoms with Crippen molar-refractivity contribution in [1.29, 1.82) is 0 Å². The topological polar surface area (TPSA) is 40.5 Å². The molecule has 6 atom stereocenters. The van der Waals surface area contributed by atoms with Crippen LogP contribution in [0.1, 0.15) is 79.6 Å². The average molecular weight is 361 g/mol. The van der Waals surface area contributed by atoms with Gasteiger partial charge in [0.1, 0.15) is 5.76 Å². The lowest BCUT2D eigenvalue weighted by Gasteiger charge is -2.49. The summed E-state index contributed by atoms with van der Waals surface area (Å²) < 4.78 is 0. The maximum absolute atomic E-state index is 10.4. The Balaban J connectivity index is 0.000000615. The van der Waals surface area contributed by atoms with Gasteiger partial charge in [0.15, 0.2) is 0 Å². The van der Waals surface area contributed by atoms with Crippen molar-refractivity contribution in [1.82, 2.24) is 0 Å². The number of terminal acetylenes is 1. The van der Waals surface area contributed by atoms with Crippen LogP contribution in [0.15, 0.2) is 24.0 Å². The van der Waals surface area contributed by atoms with E-state index in [-0.39, 0.29) is 11.5 Å². The first-order valence-electron chi connectivity index (χ1n) is 10.5. The van der Waals surface area contributed by atoms with Crippen LogP contribution in [0.5, 0.6) is 0 Å². The van der Waals surface area contributed by atoms with Gasteiger partial charge < -0.3 is 10.2 Å². The average Bonchev–Trinajstić information content (AvgIpc) is 2.94. The summed E-state index contributed by atoms with van der Waals surface area (Å²) >= 11 is 0. The van der Waals surface area contributed by atoms with Crippen LogP contribution in [0.4, 0.5) is 0 Å². The molecule has 2 N–H and O–H groups in total. The molecule has 2 heteroatoms. The summed E-state index contributed by atoms with van der Waals surface area (Å²) in [4.78, 5) is 0. The molecule has 3 rings (SSSR count). The molecule has 0 amide bonds. The van der Waals surface area contributed by atoms with E-state index in [1.165, 1.54) is 25.7 Å². The lowest BCUT2D eigenvalue weighted by molar-refractivity contribution is -0.0461. The summed E-state index contributed by atoms with van der Waals surface area (Å²) in [6.07, 6.45) is 18.3. The molecule has 2 saturated carbocycles. The highest BCUT2D eigenvalue weighted by atomic mass is 16.3. The molecule has 26 heavy (non-hydrogen) atoms. The fourth-order valence-electron chi connectivity index (χ4n) is 5.45. The fraction of sp³-hybridized carbons (Fsp3) is 0.750. The van der Waals surface area contributed by atoms with Gasteiger partial charge in [-0.1, -0.05) is 33.8 Å².